The molecule has 0 aliphatic rings. The molecule has 0 spiro atoms. The predicted molar refractivity (Wildman–Crippen MR) is 208 cm³/mol. The lowest BCUT2D eigenvalue weighted by atomic mass is 9.84. The minimum absolute atomic E-state index is 0.204. The van der Waals surface area contributed by atoms with Crippen molar-refractivity contribution >= 4 is 97.0 Å². The SMILES string of the molecule is Fc1ccc2c(c1)c1cccc3c4c(-c5ccccc5)c5c6ccc7ccc8cccc9cc(c5c(-c5ccccc5)c4cc2c13)c6c7c89. The second-order valence-electron chi connectivity index (χ2n) is 13.7. The summed E-state index contributed by atoms with van der Waals surface area (Å²) in [7, 11) is 0. The molecule has 0 fully saturated rings. The molecule has 0 N–H and O–H groups in total. The molecule has 224 valence electrons. The van der Waals surface area contributed by atoms with E-state index in [4.69, 9.17) is 0 Å². The number of benzene rings is 10. The molecule has 0 aliphatic heterocycles. The van der Waals surface area contributed by atoms with Gasteiger partial charge < -0.3 is 0 Å². The second kappa shape index (κ2) is 8.98. The van der Waals surface area contributed by atoms with Crippen LogP contribution in [0.3, 0.4) is 0 Å². The van der Waals surface area contributed by atoms with Crippen LogP contribution in [0.2, 0.25) is 0 Å². The van der Waals surface area contributed by atoms with Gasteiger partial charge in [-0.25, -0.2) is 4.39 Å². The molecule has 0 radical (unpaired) electrons. The summed E-state index contributed by atoms with van der Waals surface area (Å²) in [5.41, 5.74) is 4.92. The quantitative estimate of drug-likeness (QED) is 0.169. The van der Waals surface area contributed by atoms with Gasteiger partial charge >= 0.3 is 0 Å². The van der Waals surface area contributed by atoms with Gasteiger partial charge in [0.05, 0.1) is 0 Å². The van der Waals surface area contributed by atoms with Crippen LogP contribution in [0.25, 0.3) is 119 Å². The van der Waals surface area contributed by atoms with Crippen molar-refractivity contribution in [1.82, 2.24) is 0 Å². The average molecular weight is 621 g/mol. The van der Waals surface area contributed by atoms with Crippen LogP contribution in [0.1, 0.15) is 0 Å². The summed E-state index contributed by atoms with van der Waals surface area (Å²) >= 11 is 0. The van der Waals surface area contributed by atoms with E-state index in [2.05, 4.69) is 133 Å². The van der Waals surface area contributed by atoms with Crippen LogP contribution >= 0.6 is 0 Å². The fraction of sp³-hybridized carbons (Fsp3) is 0. The molecule has 0 heterocycles. The Labute approximate surface area is 280 Å². The van der Waals surface area contributed by atoms with Crippen molar-refractivity contribution in [3.63, 3.8) is 0 Å². The summed E-state index contributed by atoms with van der Waals surface area (Å²) in [6.45, 7) is 0. The standard InChI is InChI=1S/C48H25F/c49-31-20-22-32-36(24-31)33-15-8-16-34-44(33)37(32)25-39-41(26-9-3-1-4-10-26)48-38-23-30-14-7-13-28-17-18-29-19-21-35(46(38)42(29)40(28)30)47(48)43(45(34)39)27-11-5-2-6-12-27/h1-25H. The Bertz CT molecular complexity index is 3300. The van der Waals surface area contributed by atoms with Crippen molar-refractivity contribution in [3.05, 3.63) is 157 Å². The molecular weight excluding hydrogens is 596 g/mol. The molecule has 12 aromatic carbocycles. The van der Waals surface area contributed by atoms with Gasteiger partial charge in [0.25, 0.3) is 0 Å². The molecule has 0 aromatic heterocycles. The van der Waals surface area contributed by atoms with E-state index in [1.54, 1.807) is 12.1 Å². The first kappa shape index (κ1) is 25.7. The van der Waals surface area contributed by atoms with Gasteiger partial charge in [-0.1, -0.05) is 127 Å². The van der Waals surface area contributed by atoms with Gasteiger partial charge in [0.2, 0.25) is 0 Å². The first-order valence-electron chi connectivity index (χ1n) is 17.0. The minimum atomic E-state index is -0.204. The molecule has 0 amide bonds. The lowest BCUT2D eigenvalue weighted by molar-refractivity contribution is 0.630. The van der Waals surface area contributed by atoms with Crippen molar-refractivity contribution in [1.29, 1.82) is 0 Å². The van der Waals surface area contributed by atoms with Crippen molar-refractivity contribution in [3.8, 4) is 22.3 Å². The maximum Gasteiger partial charge on any atom is 0.123 e. The molecule has 0 unspecified atom stereocenters. The predicted octanol–water partition coefficient (Wildman–Crippen LogP) is 13.9. The fourth-order valence-corrected chi connectivity index (χ4v) is 9.46. The zero-order valence-corrected chi connectivity index (χ0v) is 26.3. The first-order chi connectivity index (χ1) is 24.2. The minimum Gasteiger partial charge on any atom is -0.207 e. The Morgan fingerprint density at radius 1 is 0.265 bits per heavy atom. The van der Waals surface area contributed by atoms with Gasteiger partial charge in [0.15, 0.2) is 0 Å². The van der Waals surface area contributed by atoms with Gasteiger partial charge in [-0.05, 0) is 143 Å². The smallest absolute Gasteiger partial charge is 0.123 e. The zero-order chi connectivity index (χ0) is 32.0. The summed E-state index contributed by atoms with van der Waals surface area (Å²) in [5.74, 6) is -0.204. The summed E-state index contributed by atoms with van der Waals surface area (Å²) < 4.78 is 14.8. The Morgan fingerprint density at radius 3 is 1.71 bits per heavy atom. The van der Waals surface area contributed by atoms with Gasteiger partial charge in [0.1, 0.15) is 5.82 Å². The normalized spacial score (nSPS) is 12.6. The molecule has 0 atom stereocenters. The van der Waals surface area contributed by atoms with Crippen LogP contribution in [0.15, 0.2) is 152 Å². The third-order valence-electron chi connectivity index (χ3n) is 11.3. The van der Waals surface area contributed by atoms with Crippen LogP contribution in [-0.4, -0.2) is 0 Å². The summed E-state index contributed by atoms with van der Waals surface area (Å²) in [4.78, 5) is 0. The zero-order valence-electron chi connectivity index (χ0n) is 26.3. The summed E-state index contributed by atoms with van der Waals surface area (Å²) in [6.07, 6.45) is 0. The van der Waals surface area contributed by atoms with Gasteiger partial charge in [0, 0.05) is 0 Å². The van der Waals surface area contributed by atoms with E-state index < -0.39 is 0 Å². The van der Waals surface area contributed by atoms with E-state index in [0.717, 1.165) is 16.2 Å². The lowest BCUT2D eigenvalue weighted by Crippen LogP contribution is -1.91. The third kappa shape index (κ3) is 3.14. The van der Waals surface area contributed by atoms with Crippen molar-refractivity contribution in [2.45, 2.75) is 0 Å². The molecule has 0 bridgehead atoms. The van der Waals surface area contributed by atoms with E-state index in [9.17, 15) is 4.39 Å². The van der Waals surface area contributed by atoms with Gasteiger partial charge in [-0.3, -0.25) is 0 Å². The third-order valence-corrected chi connectivity index (χ3v) is 11.3. The Balaban J connectivity index is 1.47. The van der Waals surface area contributed by atoms with E-state index in [-0.39, 0.29) is 5.82 Å². The Hall–Kier alpha value is -6.31. The Kier molecular flexibility index (Phi) is 4.72. The maximum atomic E-state index is 14.8. The Morgan fingerprint density at radius 2 is 0.898 bits per heavy atom. The molecule has 1 heteroatoms. The van der Waals surface area contributed by atoms with Crippen LogP contribution in [0.4, 0.5) is 4.39 Å². The summed E-state index contributed by atoms with van der Waals surface area (Å²) in [6, 6.07) is 54.5. The van der Waals surface area contributed by atoms with Crippen LogP contribution in [0.5, 0.6) is 0 Å². The monoisotopic (exact) mass is 620 g/mol. The van der Waals surface area contributed by atoms with E-state index in [0.29, 0.717) is 0 Å². The first-order valence-corrected chi connectivity index (χ1v) is 17.0. The van der Waals surface area contributed by atoms with E-state index in [1.165, 1.54) is 103 Å². The van der Waals surface area contributed by atoms with Crippen molar-refractivity contribution in [2.24, 2.45) is 0 Å². The topological polar surface area (TPSA) is 0 Å². The summed E-state index contributed by atoms with van der Waals surface area (Å²) in [5, 5.41) is 22.3. The number of hydrogen-bond acceptors (Lipinski definition) is 0. The number of rotatable bonds is 2. The van der Waals surface area contributed by atoms with Gasteiger partial charge in [-0.2, -0.15) is 0 Å². The highest BCUT2D eigenvalue weighted by Crippen LogP contribution is 2.56. The maximum absolute atomic E-state index is 14.8. The molecule has 0 saturated carbocycles. The molecule has 0 saturated heterocycles. The number of halogens is 1. The number of fused-ring (bicyclic) bond motifs is 8. The molecule has 0 nitrogen and oxygen atoms in total. The largest absolute Gasteiger partial charge is 0.207 e. The highest BCUT2D eigenvalue weighted by atomic mass is 19.1. The van der Waals surface area contributed by atoms with Crippen molar-refractivity contribution < 1.29 is 4.39 Å². The molecule has 49 heavy (non-hydrogen) atoms. The molecule has 12 rings (SSSR count). The van der Waals surface area contributed by atoms with Crippen LogP contribution < -0.4 is 0 Å². The van der Waals surface area contributed by atoms with E-state index >= 15 is 0 Å². The number of hydrogen-bond donors (Lipinski definition) is 0. The average Bonchev–Trinajstić information content (AvgIpc) is 3.64. The van der Waals surface area contributed by atoms with E-state index in [1.807, 2.05) is 6.07 Å². The highest BCUT2D eigenvalue weighted by Gasteiger charge is 2.27. The molecule has 12 aromatic rings. The second-order valence-corrected chi connectivity index (χ2v) is 13.7. The van der Waals surface area contributed by atoms with Gasteiger partial charge in [-0.15, -0.1) is 0 Å². The molecule has 0 aliphatic carbocycles. The molecular formula is C48H25F. The highest BCUT2D eigenvalue weighted by molar-refractivity contribution is 6.47. The van der Waals surface area contributed by atoms with Crippen molar-refractivity contribution in [2.75, 3.05) is 0 Å². The lowest BCUT2D eigenvalue weighted by Gasteiger charge is -2.19. The fourth-order valence-electron chi connectivity index (χ4n) is 9.46. The van der Waals surface area contributed by atoms with Crippen LogP contribution in [0, 0.1) is 5.82 Å². The van der Waals surface area contributed by atoms with Crippen LogP contribution in [-0.2, 0) is 0 Å².